The molecule has 0 amide bonds. The van der Waals surface area contributed by atoms with Crippen molar-refractivity contribution in [1.82, 2.24) is 10.2 Å². The molecule has 0 aromatic carbocycles. The van der Waals surface area contributed by atoms with Crippen LogP contribution >= 0.6 is 12.2 Å². The van der Waals surface area contributed by atoms with E-state index in [0.29, 0.717) is 18.1 Å². The molecule has 2 rings (SSSR count). The highest BCUT2D eigenvalue weighted by Gasteiger charge is 2.37. The Morgan fingerprint density at radius 3 is 2.44 bits per heavy atom. The molecular formula is C14H26N2OS. The molecular weight excluding hydrogens is 244 g/mol. The fourth-order valence-corrected chi connectivity index (χ4v) is 3.79. The van der Waals surface area contributed by atoms with Crippen LogP contribution in [0.15, 0.2) is 0 Å². The van der Waals surface area contributed by atoms with Gasteiger partial charge >= 0.3 is 0 Å². The normalized spacial score (nSPS) is 24.2. The molecule has 1 unspecified atom stereocenters. The Balaban J connectivity index is 1.76. The van der Waals surface area contributed by atoms with E-state index in [2.05, 4.69) is 17.1 Å². The lowest BCUT2D eigenvalue weighted by molar-refractivity contribution is 0.149. The van der Waals surface area contributed by atoms with Crippen molar-refractivity contribution in [2.24, 2.45) is 5.41 Å². The quantitative estimate of drug-likeness (QED) is 0.797. The minimum absolute atomic E-state index is 0.296. The Hall–Kier alpha value is -0.350. The third-order valence-electron chi connectivity index (χ3n) is 4.56. The third-order valence-corrected chi connectivity index (χ3v) is 4.94. The zero-order chi connectivity index (χ0) is 13.0. The predicted molar refractivity (Wildman–Crippen MR) is 78.8 cm³/mol. The summed E-state index contributed by atoms with van der Waals surface area (Å²) in [4.78, 5) is 2.34. The van der Waals surface area contributed by atoms with Crippen molar-refractivity contribution in [2.45, 2.75) is 51.5 Å². The van der Waals surface area contributed by atoms with E-state index in [9.17, 15) is 0 Å². The highest BCUT2D eigenvalue weighted by molar-refractivity contribution is 7.80. The van der Waals surface area contributed by atoms with Crippen molar-refractivity contribution in [1.29, 1.82) is 0 Å². The van der Waals surface area contributed by atoms with Crippen molar-refractivity contribution >= 4 is 17.3 Å². The molecule has 2 fully saturated rings. The van der Waals surface area contributed by atoms with Crippen LogP contribution in [0.4, 0.5) is 0 Å². The molecule has 2 aliphatic rings. The fraction of sp³-hybridized carbons (Fsp3) is 0.929. The summed E-state index contributed by atoms with van der Waals surface area (Å²) in [5.41, 5.74) is 0.671. The van der Waals surface area contributed by atoms with Crippen molar-refractivity contribution in [2.75, 3.05) is 26.8 Å². The predicted octanol–water partition coefficient (Wildman–Crippen LogP) is 2.55. The van der Waals surface area contributed by atoms with E-state index in [4.69, 9.17) is 17.0 Å². The van der Waals surface area contributed by atoms with Crippen LogP contribution in [0.5, 0.6) is 0 Å². The lowest BCUT2D eigenvalue weighted by atomic mass is 9.77. The standard InChI is InChI=1S/C14H26N2OS/c1-12(11-17-2)15-13(18)16-9-7-14(8-10-16)5-3-4-6-14/h12H,3-11H2,1-2H3,(H,15,18). The monoisotopic (exact) mass is 270 g/mol. The smallest absolute Gasteiger partial charge is 0.169 e. The topological polar surface area (TPSA) is 24.5 Å². The van der Waals surface area contributed by atoms with E-state index >= 15 is 0 Å². The van der Waals surface area contributed by atoms with Crippen LogP contribution in [0, 0.1) is 5.41 Å². The van der Waals surface area contributed by atoms with Gasteiger partial charge in [0.05, 0.1) is 6.61 Å². The Bertz CT molecular complexity index is 280. The molecule has 1 spiro atoms. The number of methoxy groups -OCH3 is 1. The highest BCUT2D eigenvalue weighted by atomic mass is 32.1. The maximum atomic E-state index is 5.49. The van der Waals surface area contributed by atoms with E-state index in [1.165, 1.54) is 38.5 Å². The zero-order valence-electron chi connectivity index (χ0n) is 11.7. The maximum Gasteiger partial charge on any atom is 0.169 e. The Morgan fingerprint density at radius 1 is 1.28 bits per heavy atom. The van der Waals surface area contributed by atoms with Gasteiger partial charge in [0.15, 0.2) is 5.11 Å². The summed E-state index contributed by atoms with van der Waals surface area (Å²) < 4.78 is 5.13. The summed E-state index contributed by atoms with van der Waals surface area (Å²) in [6.45, 7) is 5.08. The molecule has 18 heavy (non-hydrogen) atoms. The Morgan fingerprint density at radius 2 is 1.89 bits per heavy atom. The van der Waals surface area contributed by atoms with Gasteiger partial charge in [0.2, 0.25) is 0 Å². The molecule has 0 aromatic heterocycles. The molecule has 1 heterocycles. The lowest BCUT2D eigenvalue weighted by Crippen LogP contribution is -2.49. The molecule has 0 aromatic rings. The van der Waals surface area contributed by atoms with Crippen molar-refractivity contribution < 1.29 is 4.74 Å². The number of thiocarbonyl (C=S) groups is 1. The van der Waals surface area contributed by atoms with Crippen LogP contribution < -0.4 is 5.32 Å². The van der Waals surface area contributed by atoms with Gasteiger partial charge in [0.25, 0.3) is 0 Å². The first-order valence-corrected chi connectivity index (χ1v) is 7.60. The summed E-state index contributed by atoms with van der Waals surface area (Å²) >= 11 is 5.49. The Labute approximate surface area is 116 Å². The first-order chi connectivity index (χ1) is 8.65. The van der Waals surface area contributed by atoms with Gasteiger partial charge in [-0.1, -0.05) is 12.8 Å². The van der Waals surface area contributed by atoms with Crippen LogP contribution in [-0.4, -0.2) is 42.9 Å². The molecule has 0 radical (unpaired) electrons. The number of rotatable bonds is 3. The van der Waals surface area contributed by atoms with Gasteiger partial charge in [0, 0.05) is 26.2 Å². The molecule has 1 saturated carbocycles. The SMILES string of the molecule is COCC(C)NC(=S)N1CCC2(CCCC2)CC1. The van der Waals surface area contributed by atoms with Gasteiger partial charge in [-0.3, -0.25) is 0 Å². The molecule has 1 atom stereocenters. The number of hydrogen-bond acceptors (Lipinski definition) is 2. The van der Waals surface area contributed by atoms with E-state index in [1.807, 2.05) is 0 Å². The summed E-state index contributed by atoms with van der Waals surface area (Å²) in [6.07, 6.45) is 8.42. The fourth-order valence-electron chi connectivity index (χ4n) is 3.40. The second-order valence-electron chi connectivity index (χ2n) is 6.00. The van der Waals surface area contributed by atoms with Gasteiger partial charge in [-0.25, -0.2) is 0 Å². The van der Waals surface area contributed by atoms with Gasteiger partial charge in [-0.2, -0.15) is 0 Å². The largest absolute Gasteiger partial charge is 0.383 e. The number of likely N-dealkylation sites (tertiary alicyclic amines) is 1. The van der Waals surface area contributed by atoms with Crippen LogP contribution in [0.2, 0.25) is 0 Å². The number of hydrogen-bond donors (Lipinski definition) is 1. The second-order valence-corrected chi connectivity index (χ2v) is 6.39. The zero-order valence-corrected chi connectivity index (χ0v) is 12.5. The minimum Gasteiger partial charge on any atom is -0.383 e. The summed E-state index contributed by atoms with van der Waals surface area (Å²) in [5, 5.41) is 4.27. The first-order valence-electron chi connectivity index (χ1n) is 7.20. The van der Waals surface area contributed by atoms with E-state index in [-0.39, 0.29) is 0 Å². The molecule has 1 saturated heterocycles. The number of nitrogens with zero attached hydrogens (tertiary/aromatic N) is 1. The summed E-state index contributed by atoms with van der Waals surface area (Å²) in [6, 6.07) is 0.296. The van der Waals surface area contributed by atoms with Crippen LogP contribution in [-0.2, 0) is 4.74 Å². The van der Waals surface area contributed by atoms with Crippen molar-refractivity contribution in [3.05, 3.63) is 0 Å². The molecule has 3 nitrogen and oxygen atoms in total. The average Bonchev–Trinajstić information content (AvgIpc) is 2.78. The van der Waals surface area contributed by atoms with E-state index in [0.717, 1.165) is 18.2 Å². The summed E-state index contributed by atoms with van der Waals surface area (Å²) in [5.74, 6) is 0. The maximum absolute atomic E-state index is 5.49. The third kappa shape index (κ3) is 3.35. The minimum atomic E-state index is 0.296. The number of ether oxygens (including phenoxy) is 1. The van der Waals surface area contributed by atoms with Gasteiger partial charge in [-0.15, -0.1) is 0 Å². The average molecular weight is 270 g/mol. The van der Waals surface area contributed by atoms with Gasteiger partial charge in [0.1, 0.15) is 0 Å². The van der Waals surface area contributed by atoms with Crippen molar-refractivity contribution in [3.8, 4) is 0 Å². The van der Waals surface area contributed by atoms with Crippen LogP contribution in [0.3, 0.4) is 0 Å². The van der Waals surface area contributed by atoms with Crippen LogP contribution in [0.1, 0.15) is 45.4 Å². The van der Waals surface area contributed by atoms with Crippen molar-refractivity contribution in [3.63, 3.8) is 0 Å². The first kappa shape index (κ1) is 14.1. The highest BCUT2D eigenvalue weighted by Crippen LogP contribution is 2.46. The number of nitrogens with one attached hydrogen (secondary N) is 1. The van der Waals surface area contributed by atoms with Gasteiger partial charge in [-0.05, 0) is 50.2 Å². The second kappa shape index (κ2) is 6.20. The summed E-state index contributed by atoms with van der Waals surface area (Å²) in [7, 11) is 1.73. The molecule has 1 N–H and O–H groups in total. The molecule has 1 aliphatic carbocycles. The lowest BCUT2D eigenvalue weighted by Gasteiger charge is -2.40. The number of piperidine rings is 1. The molecule has 4 heteroatoms. The molecule has 1 aliphatic heterocycles. The van der Waals surface area contributed by atoms with E-state index in [1.54, 1.807) is 7.11 Å². The van der Waals surface area contributed by atoms with E-state index < -0.39 is 0 Å². The molecule has 0 bridgehead atoms. The Kier molecular flexibility index (Phi) is 4.84. The van der Waals surface area contributed by atoms with Gasteiger partial charge < -0.3 is 15.0 Å². The molecule has 104 valence electrons. The van der Waals surface area contributed by atoms with Crippen LogP contribution in [0.25, 0.3) is 0 Å².